The number of hydrogen-bond donors (Lipinski definition) is 3. The smallest absolute Gasteiger partial charge is 0.332 e. The standard InChI is InChI=1S/C10H13N7O3/c1-5-3-7(16-20-5)4-12-9-8(17(18)19)6(2)13-10(14-9)15-11/h3H,4,11H2,1-2H3,(H2,12,13,14,15). The zero-order valence-corrected chi connectivity index (χ0v) is 10.9. The van der Waals surface area contributed by atoms with Gasteiger partial charge in [0.1, 0.15) is 17.1 Å². The molecule has 2 heterocycles. The van der Waals surface area contributed by atoms with E-state index in [0.717, 1.165) is 0 Å². The molecule has 0 spiro atoms. The van der Waals surface area contributed by atoms with Crippen LogP contribution < -0.4 is 16.6 Å². The molecule has 2 aromatic rings. The number of nitrogens with one attached hydrogen (secondary N) is 2. The van der Waals surface area contributed by atoms with Crippen LogP contribution in [0.25, 0.3) is 0 Å². The molecule has 0 bridgehead atoms. The average molecular weight is 279 g/mol. The van der Waals surface area contributed by atoms with E-state index in [2.05, 4.69) is 25.9 Å². The van der Waals surface area contributed by atoms with Crippen LogP contribution in [0.4, 0.5) is 17.5 Å². The number of anilines is 2. The summed E-state index contributed by atoms with van der Waals surface area (Å²) in [6.07, 6.45) is 0. The number of aromatic nitrogens is 3. The fourth-order valence-corrected chi connectivity index (χ4v) is 1.65. The summed E-state index contributed by atoms with van der Waals surface area (Å²) in [5.74, 6) is 6.03. The highest BCUT2D eigenvalue weighted by molar-refractivity contribution is 5.60. The molecule has 20 heavy (non-hydrogen) atoms. The molecule has 10 nitrogen and oxygen atoms in total. The van der Waals surface area contributed by atoms with Gasteiger partial charge in [0.25, 0.3) is 0 Å². The van der Waals surface area contributed by atoms with Crippen LogP contribution in [-0.4, -0.2) is 20.0 Å². The molecule has 0 saturated heterocycles. The summed E-state index contributed by atoms with van der Waals surface area (Å²) in [7, 11) is 0. The Morgan fingerprint density at radius 2 is 2.20 bits per heavy atom. The molecule has 0 aliphatic rings. The molecule has 0 saturated carbocycles. The first-order chi connectivity index (χ1) is 9.51. The third kappa shape index (κ3) is 2.80. The third-order valence-electron chi connectivity index (χ3n) is 2.48. The molecule has 0 aromatic carbocycles. The molecule has 2 rings (SSSR count). The first-order valence-electron chi connectivity index (χ1n) is 5.67. The van der Waals surface area contributed by atoms with E-state index in [0.29, 0.717) is 11.5 Å². The summed E-state index contributed by atoms with van der Waals surface area (Å²) >= 11 is 0. The number of hydrazine groups is 1. The van der Waals surface area contributed by atoms with Crippen LogP contribution >= 0.6 is 0 Å². The molecule has 4 N–H and O–H groups in total. The minimum Gasteiger partial charge on any atom is -0.361 e. The van der Waals surface area contributed by atoms with Crippen molar-refractivity contribution in [1.82, 2.24) is 15.1 Å². The lowest BCUT2D eigenvalue weighted by Crippen LogP contribution is -2.14. The Hall–Kier alpha value is -2.75. The van der Waals surface area contributed by atoms with Crippen LogP contribution in [0.1, 0.15) is 17.1 Å². The van der Waals surface area contributed by atoms with Gasteiger partial charge in [-0.25, -0.2) is 10.8 Å². The quantitative estimate of drug-likeness (QED) is 0.412. The van der Waals surface area contributed by atoms with E-state index in [9.17, 15) is 10.1 Å². The molecule has 2 aromatic heterocycles. The predicted molar refractivity (Wildman–Crippen MR) is 69.8 cm³/mol. The lowest BCUT2D eigenvalue weighted by atomic mass is 10.3. The minimum absolute atomic E-state index is 0.0658. The number of aryl methyl sites for hydroxylation is 2. The van der Waals surface area contributed by atoms with Crippen molar-refractivity contribution in [2.45, 2.75) is 20.4 Å². The van der Waals surface area contributed by atoms with Gasteiger partial charge in [-0.2, -0.15) is 4.98 Å². The van der Waals surface area contributed by atoms with Crippen molar-refractivity contribution < 1.29 is 9.45 Å². The van der Waals surface area contributed by atoms with Crippen molar-refractivity contribution in [2.24, 2.45) is 5.84 Å². The van der Waals surface area contributed by atoms with Gasteiger partial charge in [0.15, 0.2) is 0 Å². The van der Waals surface area contributed by atoms with Gasteiger partial charge in [-0.05, 0) is 13.8 Å². The van der Waals surface area contributed by atoms with E-state index in [1.807, 2.05) is 0 Å². The largest absolute Gasteiger partial charge is 0.361 e. The van der Waals surface area contributed by atoms with Crippen LogP contribution in [0.2, 0.25) is 0 Å². The van der Waals surface area contributed by atoms with E-state index in [4.69, 9.17) is 10.4 Å². The fourth-order valence-electron chi connectivity index (χ4n) is 1.65. The summed E-state index contributed by atoms with van der Waals surface area (Å²) in [5.41, 5.74) is 2.87. The summed E-state index contributed by atoms with van der Waals surface area (Å²) in [5, 5.41) is 17.7. The molecular formula is C10H13N7O3. The lowest BCUT2D eigenvalue weighted by molar-refractivity contribution is -0.385. The van der Waals surface area contributed by atoms with Gasteiger partial charge in [-0.1, -0.05) is 5.16 Å². The van der Waals surface area contributed by atoms with E-state index < -0.39 is 4.92 Å². The highest BCUT2D eigenvalue weighted by atomic mass is 16.6. The molecule has 0 amide bonds. The van der Waals surface area contributed by atoms with Gasteiger partial charge in [0.2, 0.25) is 11.8 Å². The minimum atomic E-state index is -0.550. The van der Waals surface area contributed by atoms with Gasteiger partial charge < -0.3 is 9.84 Å². The number of nitrogen functional groups attached to an aromatic ring is 1. The Bertz CT molecular complexity index is 640. The number of nitrogens with zero attached hydrogens (tertiary/aromatic N) is 4. The van der Waals surface area contributed by atoms with E-state index >= 15 is 0 Å². The number of hydrogen-bond acceptors (Lipinski definition) is 9. The highest BCUT2D eigenvalue weighted by Gasteiger charge is 2.22. The molecule has 0 atom stereocenters. The first-order valence-corrected chi connectivity index (χ1v) is 5.67. The fraction of sp³-hybridized carbons (Fsp3) is 0.300. The molecule has 0 fully saturated rings. The van der Waals surface area contributed by atoms with Crippen LogP contribution in [0.3, 0.4) is 0 Å². The normalized spacial score (nSPS) is 10.3. The lowest BCUT2D eigenvalue weighted by Gasteiger charge is -2.08. The van der Waals surface area contributed by atoms with E-state index in [1.165, 1.54) is 6.92 Å². The summed E-state index contributed by atoms with van der Waals surface area (Å²) < 4.78 is 4.91. The molecule has 10 heteroatoms. The van der Waals surface area contributed by atoms with Gasteiger partial charge in [-0.15, -0.1) is 0 Å². The molecule has 0 aliphatic carbocycles. The maximum absolute atomic E-state index is 11.1. The Kier molecular flexibility index (Phi) is 3.75. The predicted octanol–water partition coefficient (Wildman–Crippen LogP) is 0.887. The van der Waals surface area contributed by atoms with Crippen molar-refractivity contribution >= 4 is 17.5 Å². The third-order valence-corrected chi connectivity index (χ3v) is 2.48. The van der Waals surface area contributed by atoms with Gasteiger partial charge in [-0.3, -0.25) is 15.5 Å². The topological polar surface area (TPSA) is 145 Å². The Balaban J connectivity index is 2.28. The van der Waals surface area contributed by atoms with Crippen molar-refractivity contribution in [3.8, 4) is 0 Å². The van der Waals surface area contributed by atoms with Gasteiger partial charge in [0.05, 0.1) is 11.5 Å². The Labute approximate surface area is 113 Å². The van der Waals surface area contributed by atoms with Gasteiger partial charge in [0, 0.05) is 6.07 Å². The highest BCUT2D eigenvalue weighted by Crippen LogP contribution is 2.26. The second kappa shape index (κ2) is 5.48. The zero-order valence-electron chi connectivity index (χ0n) is 10.9. The SMILES string of the molecule is Cc1cc(CNc2nc(NN)nc(C)c2[N+](=O)[O-])no1. The number of nitro groups is 1. The Morgan fingerprint density at radius 1 is 1.45 bits per heavy atom. The second-order valence-corrected chi connectivity index (χ2v) is 4.01. The Morgan fingerprint density at radius 3 is 2.75 bits per heavy atom. The van der Waals surface area contributed by atoms with Crippen molar-refractivity contribution in [1.29, 1.82) is 0 Å². The first kappa shape index (κ1) is 13.7. The number of rotatable bonds is 5. The van der Waals surface area contributed by atoms with E-state index in [1.54, 1.807) is 13.0 Å². The number of nitrogens with two attached hydrogens (primary N) is 1. The summed E-state index contributed by atoms with van der Waals surface area (Å²) in [6.45, 7) is 3.49. The maximum atomic E-state index is 11.1. The van der Waals surface area contributed by atoms with Crippen LogP contribution in [-0.2, 0) is 6.54 Å². The van der Waals surface area contributed by atoms with Gasteiger partial charge >= 0.3 is 5.69 Å². The molecule has 0 aliphatic heterocycles. The van der Waals surface area contributed by atoms with Crippen molar-refractivity contribution in [3.63, 3.8) is 0 Å². The summed E-state index contributed by atoms with van der Waals surface area (Å²) in [4.78, 5) is 18.3. The molecule has 0 radical (unpaired) electrons. The second-order valence-electron chi connectivity index (χ2n) is 4.01. The monoisotopic (exact) mass is 279 g/mol. The molecule has 0 unspecified atom stereocenters. The molecule has 106 valence electrons. The van der Waals surface area contributed by atoms with Crippen LogP contribution in [0.5, 0.6) is 0 Å². The molecular weight excluding hydrogens is 266 g/mol. The van der Waals surface area contributed by atoms with E-state index in [-0.39, 0.29) is 29.7 Å². The summed E-state index contributed by atoms with van der Waals surface area (Å²) in [6, 6.07) is 1.72. The van der Waals surface area contributed by atoms with Crippen LogP contribution in [0.15, 0.2) is 10.6 Å². The van der Waals surface area contributed by atoms with Crippen molar-refractivity contribution in [3.05, 3.63) is 33.3 Å². The van der Waals surface area contributed by atoms with Crippen LogP contribution in [0, 0.1) is 24.0 Å². The maximum Gasteiger partial charge on any atom is 0.332 e. The van der Waals surface area contributed by atoms with Crippen molar-refractivity contribution in [2.75, 3.05) is 10.7 Å². The average Bonchev–Trinajstić information content (AvgIpc) is 2.81. The zero-order chi connectivity index (χ0) is 14.7.